The first-order valence-electron chi connectivity index (χ1n) is 15.8. The molecule has 0 aromatic heterocycles. The summed E-state index contributed by atoms with van der Waals surface area (Å²) in [5, 5.41) is 11.5. The van der Waals surface area contributed by atoms with Gasteiger partial charge in [0, 0.05) is 0 Å². The molecule has 4 aliphatic rings. The van der Waals surface area contributed by atoms with Crippen LogP contribution in [0.1, 0.15) is 109 Å². The predicted molar refractivity (Wildman–Crippen MR) is 157 cm³/mol. The molecule has 0 amide bonds. The second-order valence-electron chi connectivity index (χ2n) is 14.4. The Kier molecular flexibility index (Phi) is 8.26. The van der Waals surface area contributed by atoms with Crippen LogP contribution in [0.5, 0.6) is 5.75 Å². The van der Waals surface area contributed by atoms with E-state index in [-0.39, 0.29) is 11.4 Å². The van der Waals surface area contributed by atoms with E-state index in [1.54, 1.807) is 31.4 Å². The van der Waals surface area contributed by atoms with Gasteiger partial charge in [-0.05, 0) is 121 Å². The summed E-state index contributed by atoms with van der Waals surface area (Å²) in [6.07, 6.45) is 13.4. The summed E-state index contributed by atoms with van der Waals surface area (Å²) in [4.78, 5) is 12.9. The van der Waals surface area contributed by atoms with Crippen LogP contribution in [0.2, 0.25) is 0 Å². The average Bonchev–Trinajstić information content (AvgIpc) is 3.27. The van der Waals surface area contributed by atoms with Crippen molar-refractivity contribution in [3.63, 3.8) is 0 Å². The zero-order valence-electron chi connectivity index (χ0n) is 25.2. The molecule has 3 saturated carbocycles. The zero-order valence-corrected chi connectivity index (χ0v) is 25.2. The first-order chi connectivity index (χ1) is 18.6. The highest BCUT2D eigenvalue weighted by atomic mass is 16.6. The number of hydrogen-bond donors (Lipinski definition) is 1. The molecule has 9 atom stereocenters. The third-order valence-corrected chi connectivity index (χ3v) is 11.9. The SMILES string of the molecule is COc1ccc(C(=O)O[C@H]2CC[C@@]3(C)C(=CC[C@H]4[C@@H]5CC[C@H]([C@H](C)CCCC(C)C)[C@@]5(C)CC[C@@H]43)[C@H]2O)cc1. The lowest BCUT2D eigenvalue weighted by Crippen LogP contribution is -2.54. The molecule has 0 radical (unpaired) electrons. The van der Waals surface area contributed by atoms with E-state index in [1.807, 2.05) is 0 Å². The molecule has 4 aliphatic carbocycles. The van der Waals surface area contributed by atoms with Crippen LogP contribution in [0.15, 0.2) is 35.9 Å². The first-order valence-corrected chi connectivity index (χ1v) is 15.8. The quantitative estimate of drug-likeness (QED) is 0.268. The molecule has 4 nitrogen and oxygen atoms in total. The van der Waals surface area contributed by atoms with E-state index in [0.717, 1.165) is 54.4 Å². The number of carbonyl (C=O) groups excluding carboxylic acids is 1. The van der Waals surface area contributed by atoms with E-state index in [1.165, 1.54) is 44.9 Å². The van der Waals surface area contributed by atoms with Crippen molar-refractivity contribution in [1.82, 2.24) is 0 Å². The van der Waals surface area contributed by atoms with Crippen LogP contribution in [-0.2, 0) is 4.74 Å². The molecule has 0 spiro atoms. The Hall–Kier alpha value is -1.81. The maximum absolute atomic E-state index is 12.9. The number of ether oxygens (including phenoxy) is 2. The number of esters is 1. The van der Waals surface area contributed by atoms with E-state index >= 15 is 0 Å². The number of hydrogen-bond acceptors (Lipinski definition) is 4. The fourth-order valence-electron chi connectivity index (χ4n) is 9.79. The largest absolute Gasteiger partial charge is 0.497 e. The number of allylic oxidation sites excluding steroid dienone is 1. The maximum atomic E-state index is 12.9. The lowest BCUT2D eigenvalue weighted by molar-refractivity contribution is -0.0845. The van der Waals surface area contributed by atoms with Gasteiger partial charge in [-0.3, -0.25) is 0 Å². The molecular formula is C35H52O4. The molecule has 4 heteroatoms. The van der Waals surface area contributed by atoms with Gasteiger partial charge >= 0.3 is 5.97 Å². The van der Waals surface area contributed by atoms with E-state index < -0.39 is 12.2 Å². The Balaban J connectivity index is 1.27. The van der Waals surface area contributed by atoms with Crippen LogP contribution < -0.4 is 4.74 Å². The highest BCUT2D eigenvalue weighted by Crippen LogP contribution is 2.67. The average molecular weight is 537 g/mol. The summed E-state index contributed by atoms with van der Waals surface area (Å²) in [7, 11) is 1.61. The van der Waals surface area contributed by atoms with Crippen LogP contribution in [0.3, 0.4) is 0 Å². The highest BCUT2D eigenvalue weighted by Gasteiger charge is 2.60. The van der Waals surface area contributed by atoms with E-state index in [4.69, 9.17) is 9.47 Å². The number of fused-ring (bicyclic) bond motifs is 5. The van der Waals surface area contributed by atoms with E-state index in [9.17, 15) is 9.90 Å². The fraction of sp³-hybridized carbons (Fsp3) is 0.743. The molecular weight excluding hydrogens is 484 g/mol. The lowest BCUT2D eigenvalue weighted by Gasteiger charge is -2.59. The molecule has 0 heterocycles. The van der Waals surface area contributed by atoms with Crippen molar-refractivity contribution in [2.75, 3.05) is 7.11 Å². The number of rotatable bonds is 8. The van der Waals surface area contributed by atoms with Crippen molar-refractivity contribution in [3.05, 3.63) is 41.5 Å². The molecule has 1 aromatic carbocycles. The Morgan fingerprint density at radius 1 is 1.00 bits per heavy atom. The zero-order chi connectivity index (χ0) is 27.9. The molecule has 1 aromatic rings. The third-order valence-electron chi connectivity index (χ3n) is 11.9. The molecule has 1 N–H and O–H groups in total. The molecule has 0 bridgehead atoms. The monoisotopic (exact) mass is 536 g/mol. The van der Waals surface area contributed by atoms with Crippen molar-refractivity contribution >= 4 is 5.97 Å². The molecule has 0 aliphatic heterocycles. The van der Waals surface area contributed by atoms with Gasteiger partial charge in [0.25, 0.3) is 0 Å². The topological polar surface area (TPSA) is 55.8 Å². The smallest absolute Gasteiger partial charge is 0.338 e. The predicted octanol–water partition coefficient (Wildman–Crippen LogP) is 8.23. The van der Waals surface area contributed by atoms with Crippen molar-refractivity contribution in [2.45, 2.75) is 111 Å². The van der Waals surface area contributed by atoms with Gasteiger partial charge in [0.2, 0.25) is 0 Å². The van der Waals surface area contributed by atoms with Gasteiger partial charge in [-0.1, -0.05) is 60.0 Å². The Morgan fingerprint density at radius 2 is 1.74 bits per heavy atom. The van der Waals surface area contributed by atoms with Crippen molar-refractivity contribution < 1.29 is 19.4 Å². The minimum Gasteiger partial charge on any atom is -0.497 e. The van der Waals surface area contributed by atoms with Gasteiger partial charge in [0.05, 0.1) is 12.7 Å². The minimum atomic E-state index is -0.711. The third kappa shape index (κ3) is 5.20. The summed E-state index contributed by atoms with van der Waals surface area (Å²) in [6, 6.07) is 6.99. The fourth-order valence-corrected chi connectivity index (χ4v) is 9.79. The Bertz CT molecular complexity index is 1040. The maximum Gasteiger partial charge on any atom is 0.338 e. The second-order valence-corrected chi connectivity index (χ2v) is 14.4. The van der Waals surface area contributed by atoms with Crippen LogP contribution in [0.25, 0.3) is 0 Å². The standard InChI is InChI=1S/C35H52O4/c1-22(2)8-7-9-23(3)27-16-17-28-26-14-15-30-32(36)31(39-33(37)24-10-12-25(38-6)13-11-24)19-21-35(30,5)29(26)18-20-34(27,28)4/h10-13,15,22-23,26-29,31-32,36H,7-9,14,16-21H2,1-6H3/t23-,26+,27-,28+,29+,31+,32-,34-,35-/m1/s1. The lowest BCUT2D eigenvalue weighted by atomic mass is 9.46. The van der Waals surface area contributed by atoms with E-state index in [0.29, 0.717) is 22.6 Å². The second kappa shape index (κ2) is 11.2. The molecule has 0 saturated heterocycles. The number of methoxy groups -OCH3 is 1. The molecule has 216 valence electrons. The highest BCUT2D eigenvalue weighted by molar-refractivity contribution is 5.89. The van der Waals surface area contributed by atoms with Crippen molar-refractivity contribution in [1.29, 1.82) is 0 Å². The Labute approximate surface area is 236 Å². The van der Waals surface area contributed by atoms with Gasteiger partial charge in [0.15, 0.2) is 0 Å². The molecule has 5 rings (SSSR count). The summed E-state index contributed by atoms with van der Waals surface area (Å²) < 4.78 is 11.1. The van der Waals surface area contributed by atoms with Gasteiger partial charge in [-0.25, -0.2) is 4.79 Å². The van der Waals surface area contributed by atoms with Crippen LogP contribution >= 0.6 is 0 Å². The number of carbonyl (C=O) groups is 1. The van der Waals surface area contributed by atoms with Crippen molar-refractivity contribution in [2.24, 2.45) is 46.3 Å². The van der Waals surface area contributed by atoms with E-state index in [2.05, 4.69) is 40.7 Å². The van der Waals surface area contributed by atoms with Gasteiger partial charge in [-0.15, -0.1) is 0 Å². The van der Waals surface area contributed by atoms with Crippen LogP contribution in [-0.4, -0.2) is 30.4 Å². The van der Waals surface area contributed by atoms with Gasteiger partial charge in [-0.2, -0.15) is 0 Å². The molecule has 0 unspecified atom stereocenters. The van der Waals surface area contributed by atoms with Gasteiger partial charge < -0.3 is 14.6 Å². The summed E-state index contributed by atoms with van der Waals surface area (Å²) in [5.41, 5.74) is 2.11. The minimum absolute atomic E-state index is 0.00759. The number of aliphatic hydroxyl groups is 1. The van der Waals surface area contributed by atoms with Crippen molar-refractivity contribution in [3.8, 4) is 5.75 Å². The summed E-state index contributed by atoms with van der Waals surface area (Å²) in [6.45, 7) is 12.3. The molecule has 39 heavy (non-hydrogen) atoms. The normalized spacial score (nSPS) is 38.3. The number of benzene rings is 1. The van der Waals surface area contributed by atoms with Gasteiger partial charge in [0.1, 0.15) is 18.0 Å². The summed E-state index contributed by atoms with van der Waals surface area (Å²) in [5.74, 6) is 4.96. The summed E-state index contributed by atoms with van der Waals surface area (Å²) >= 11 is 0. The first kappa shape index (κ1) is 28.7. The molecule has 3 fully saturated rings. The van der Waals surface area contributed by atoms with Crippen LogP contribution in [0.4, 0.5) is 0 Å². The van der Waals surface area contributed by atoms with Crippen LogP contribution in [0, 0.1) is 46.3 Å². The Morgan fingerprint density at radius 3 is 2.44 bits per heavy atom. The number of aliphatic hydroxyl groups excluding tert-OH is 1.